The lowest BCUT2D eigenvalue weighted by Gasteiger charge is -2.34. The van der Waals surface area contributed by atoms with Crippen molar-refractivity contribution in [3.05, 3.63) is 59.9 Å². The zero-order chi connectivity index (χ0) is 20.3. The molecule has 0 aliphatic carbocycles. The van der Waals surface area contributed by atoms with E-state index in [1.807, 2.05) is 23.1 Å². The van der Waals surface area contributed by atoms with Crippen molar-refractivity contribution in [2.45, 2.75) is 45.6 Å². The van der Waals surface area contributed by atoms with Gasteiger partial charge in [-0.2, -0.15) is 0 Å². The lowest BCUT2D eigenvalue weighted by atomic mass is 10.1. The minimum atomic E-state index is 0.191. The highest BCUT2D eigenvalue weighted by molar-refractivity contribution is 5.78. The van der Waals surface area contributed by atoms with E-state index in [0.717, 1.165) is 57.1 Å². The summed E-state index contributed by atoms with van der Waals surface area (Å²) in [6.45, 7) is 7.29. The van der Waals surface area contributed by atoms with Crippen molar-refractivity contribution >= 4 is 5.91 Å². The third-order valence-electron chi connectivity index (χ3n) is 5.37. The first-order valence-electron chi connectivity index (χ1n) is 10.9. The fourth-order valence-electron chi connectivity index (χ4n) is 3.66. The number of piperazine rings is 1. The number of ether oxygens (including phenoxy) is 1. The molecule has 1 aromatic carbocycles. The Morgan fingerprint density at radius 3 is 2.62 bits per heavy atom. The molecule has 0 bridgehead atoms. The van der Waals surface area contributed by atoms with Gasteiger partial charge in [0.15, 0.2) is 0 Å². The van der Waals surface area contributed by atoms with Crippen molar-refractivity contribution in [3.8, 4) is 5.75 Å². The average molecular weight is 396 g/mol. The lowest BCUT2D eigenvalue weighted by molar-refractivity contribution is -0.132. The Hall–Kier alpha value is -2.40. The molecule has 156 valence electrons. The highest BCUT2D eigenvalue weighted by atomic mass is 16.5. The predicted octanol–water partition coefficient (Wildman–Crippen LogP) is 3.93. The van der Waals surface area contributed by atoms with Crippen molar-refractivity contribution in [1.29, 1.82) is 0 Å². The molecule has 29 heavy (non-hydrogen) atoms. The van der Waals surface area contributed by atoms with Crippen molar-refractivity contribution < 1.29 is 9.53 Å². The molecular weight excluding hydrogens is 362 g/mol. The van der Waals surface area contributed by atoms with Gasteiger partial charge in [-0.1, -0.05) is 44.4 Å². The number of aromatic nitrogens is 1. The molecule has 1 aliphatic heterocycles. The van der Waals surface area contributed by atoms with E-state index in [0.29, 0.717) is 6.42 Å². The summed E-state index contributed by atoms with van der Waals surface area (Å²) >= 11 is 0. The molecule has 0 unspecified atom stereocenters. The maximum atomic E-state index is 12.5. The summed E-state index contributed by atoms with van der Waals surface area (Å²) in [5.74, 6) is 1.15. The fourth-order valence-corrected chi connectivity index (χ4v) is 3.66. The maximum absolute atomic E-state index is 12.5. The van der Waals surface area contributed by atoms with E-state index in [2.05, 4.69) is 35.0 Å². The molecular formula is C24H33N3O2. The fraction of sp³-hybridized carbons (Fsp3) is 0.500. The number of pyridine rings is 1. The number of unbranched alkanes of at least 4 members (excludes halogenated alkanes) is 3. The van der Waals surface area contributed by atoms with Crippen LogP contribution in [-0.2, 0) is 17.8 Å². The minimum absolute atomic E-state index is 0.191. The molecule has 5 heteroatoms. The van der Waals surface area contributed by atoms with Crippen molar-refractivity contribution in [1.82, 2.24) is 14.8 Å². The smallest absolute Gasteiger partial charge is 0.227 e. The molecule has 1 aromatic heterocycles. The first kappa shape index (κ1) is 21.3. The van der Waals surface area contributed by atoms with Gasteiger partial charge in [-0.15, -0.1) is 0 Å². The summed E-state index contributed by atoms with van der Waals surface area (Å²) in [4.78, 5) is 21.0. The molecule has 3 rings (SSSR count). The van der Waals surface area contributed by atoms with Crippen LogP contribution in [0.15, 0.2) is 48.8 Å². The van der Waals surface area contributed by atoms with Gasteiger partial charge in [-0.05, 0) is 35.7 Å². The molecule has 1 amide bonds. The van der Waals surface area contributed by atoms with Gasteiger partial charge < -0.3 is 9.64 Å². The Bertz CT molecular complexity index is 743. The molecule has 0 N–H and O–H groups in total. The van der Waals surface area contributed by atoms with E-state index in [4.69, 9.17) is 4.74 Å². The summed E-state index contributed by atoms with van der Waals surface area (Å²) in [5, 5.41) is 0. The Balaban J connectivity index is 1.41. The number of rotatable bonds is 10. The number of carbonyl (C=O) groups excluding carboxylic acids is 1. The van der Waals surface area contributed by atoms with Crippen LogP contribution in [0.5, 0.6) is 5.75 Å². The number of hydrogen-bond acceptors (Lipinski definition) is 4. The molecule has 0 atom stereocenters. The van der Waals surface area contributed by atoms with Gasteiger partial charge in [0.1, 0.15) is 5.75 Å². The maximum Gasteiger partial charge on any atom is 0.227 e. The van der Waals surface area contributed by atoms with Crippen molar-refractivity contribution in [2.75, 3.05) is 32.8 Å². The van der Waals surface area contributed by atoms with E-state index < -0.39 is 0 Å². The Labute approximate surface area is 174 Å². The van der Waals surface area contributed by atoms with Crippen LogP contribution in [0.2, 0.25) is 0 Å². The molecule has 1 fully saturated rings. The molecule has 0 spiro atoms. The van der Waals surface area contributed by atoms with Crippen molar-refractivity contribution in [2.24, 2.45) is 0 Å². The number of amides is 1. The zero-order valence-corrected chi connectivity index (χ0v) is 17.6. The molecule has 0 saturated carbocycles. The van der Waals surface area contributed by atoms with Gasteiger partial charge in [0.25, 0.3) is 0 Å². The number of nitrogens with zero attached hydrogens (tertiary/aromatic N) is 3. The summed E-state index contributed by atoms with van der Waals surface area (Å²) in [5.41, 5.74) is 2.25. The van der Waals surface area contributed by atoms with Crippen LogP contribution >= 0.6 is 0 Å². The van der Waals surface area contributed by atoms with E-state index in [-0.39, 0.29) is 5.91 Å². The van der Waals surface area contributed by atoms with Crippen LogP contribution < -0.4 is 4.74 Å². The number of hydrogen-bond donors (Lipinski definition) is 0. The van der Waals surface area contributed by atoms with E-state index in [9.17, 15) is 4.79 Å². The minimum Gasteiger partial charge on any atom is -0.494 e. The van der Waals surface area contributed by atoms with Crippen LogP contribution in [0, 0.1) is 0 Å². The quantitative estimate of drug-likeness (QED) is 0.572. The van der Waals surface area contributed by atoms with Crippen LogP contribution in [0.4, 0.5) is 0 Å². The van der Waals surface area contributed by atoms with E-state index >= 15 is 0 Å². The summed E-state index contributed by atoms with van der Waals surface area (Å²) in [6.07, 6.45) is 8.82. The van der Waals surface area contributed by atoms with Crippen molar-refractivity contribution in [3.63, 3.8) is 0 Å². The number of carbonyl (C=O) groups is 1. The molecule has 2 aromatic rings. The third kappa shape index (κ3) is 7.17. The first-order chi connectivity index (χ1) is 14.2. The second-order valence-electron chi connectivity index (χ2n) is 7.75. The zero-order valence-electron chi connectivity index (χ0n) is 17.6. The Morgan fingerprint density at radius 1 is 1.03 bits per heavy atom. The standard InChI is InChI=1S/C24H33N3O2/c1-2-3-4-5-16-29-23-10-6-8-22(17-23)20-26-12-14-27(15-13-26)24(28)18-21-9-7-11-25-19-21/h6-11,17,19H,2-5,12-16,18,20H2,1H3. The van der Waals surface area contributed by atoms with Gasteiger partial charge in [-0.3, -0.25) is 14.7 Å². The summed E-state index contributed by atoms with van der Waals surface area (Å²) < 4.78 is 5.91. The lowest BCUT2D eigenvalue weighted by Crippen LogP contribution is -2.48. The van der Waals surface area contributed by atoms with Crippen LogP contribution in [0.1, 0.15) is 43.7 Å². The van der Waals surface area contributed by atoms with Gasteiger partial charge in [0.2, 0.25) is 5.91 Å². The van der Waals surface area contributed by atoms with E-state index in [1.165, 1.54) is 24.8 Å². The summed E-state index contributed by atoms with van der Waals surface area (Å²) in [6, 6.07) is 12.3. The molecule has 2 heterocycles. The Morgan fingerprint density at radius 2 is 1.86 bits per heavy atom. The van der Waals surface area contributed by atoms with Gasteiger partial charge in [0, 0.05) is 45.1 Å². The molecule has 1 aliphatic rings. The third-order valence-corrected chi connectivity index (χ3v) is 5.37. The van der Waals surface area contributed by atoms with Gasteiger partial charge in [0.05, 0.1) is 13.0 Å². The van der Waals surface area contributed by atoms with Crippen LogP contribution in [0.25, 0.3) is 0 Å². The predicted molar refractivity (Wildman–Crippen MR) is 116 cm³/mol. The normalized spacial score (nSPS) is 14.7. The van der Waals surface area contributed by atoms with Crippen LogP contribution in [-0.4, -0.2) is 53.5 Å². The van der Waals surface area contributed by atoms with E-state index in [1.54, 1.807) is 12.4 Å². The van der Waals surface area contributed by atoms with Gasteiger partial charge in [-0.25, -0.2) is 0 Å². The van der Waals surface area contributed by atoms with Gasteiger partial charge >= 0.3 is 0 Å². The molecule has 0 radical (unpaired) electrons. The summed E-state index contributed by atoms with van der Waals surface area (Å²) in [7, 11) is 0. The second-order valence-corrected chi connectivity index (χ2v) is 7.75. The largest absolute Gasteiger partial charge is 0.494 e. The SMILES string of the molecule is CCCCCCOc1cccc(CN2CCN(C(=O)Cc3cccnc3)CC2)c1. The molecule has 5 nitrogen and oxygen atoms in total. The second kappa shape index (κ2) is 11.6. The Kier molecular flexibility index (Phi) is 8.50. The number of benzene rings is 1. The molecule has 1 saturated heterocycles. The monoisotopic (exact) mass is 395 g/mol. The topological polar surface area (TPSA) is 45.7 Å². The average Bonchev–Trinajstić information content (AvgIpc) is 2.75. The highest BCUT2D eigenvalue weighted by Gasteiger charge is 2.21. The highest BCUT2D eigenvalue weighted by Crippen LogP contribution is 2.17. The van der Waals surface area contributed by atoms with Crippen LogP contribution in [0.3, 0.4) is 0 Å². The first-order valence-corrected chi connectivity index (χ1v) is 10.9.